The summed E-state index contributed by atoms with van der Waals surface area (Å²) < 4.78 is 13.2. The van der Waals surface area contributed by atoms with E-state index in [1.165, 1.54) is 76.8 Å². The van der Waals surface area contributed by atoms with Crippen LogP contribution in [0.3, 0.4) is 0 Å². The van der Waals surface area contributed by atoms with Gasteiger partial charge in [0.1, 0.15) is 11.2 Å². The second kappa shape index (κ2) is 11.8. The fourth-order valence-corrected chi connectivity index (χ4v) is 10.5. The molecule has 12 aromatic rings. The fraction of sp³-hybridized carbons (Fsp3) is 0.0526. The van der Waals surface area contributed by atoms with Crippen molar-refractivity contribution in [2.75, 3.05) is 0 Å². The topological polar surface area (TPSA) is 26.3 Å². The van der Waals surface area contributed by atoms with E-state index in [0.29, 0.717) is 0 Å². The van der Waals surface area contributed by atoms with Gasteiger partial charge in [-0.25, -0.2) is 0 Å². The minimum Gasteiger partial charge on any atom is -0.452 e. The number of para-hydroxylation sites is 1. The summed E-state index contributed by atoms with van der Waals surface area (Å²) in [4.78, 5) is 0. The van der Waals surface area contributed by atoms with Gasteiger partial charge in [0.25, 0.3) is 0 Å². The Hall–Kier alpha value is -7.42. The Kier molecular flexibility index (Phi) is 6.54. The molecule has 0 aliphatic heterocycles. The van der Waals surface area contributed by atoms with Crippen LogP contribution in [0.15, 0.2) is 191 Å². The molecule has 0 atom stereocenters. The van der Waals surface area contributed by atoms with Crippen LogP contribution in [0.1, 0.15) is 25.0 Å². The number of hydrogen-bond donors (Lipinski definition) is 0. The van der Waals surface area contributed by atoms with Gasteiger partial charge in [-0.15, -0.1) is 0 Å². The smallest absolute Gasteiger partial charge is 0.178 e. The van der Waals surface area contributed by atoms with Gasteiger partial charge in [-0.05, 0) is 118 Å². The van der Waals surface area contributed by atoms with Crippen LogP contribution in [0.2, 0.25) is 0 Å². The maximum Gasteiger partial charge on any atom is 0.178 e. The van der Waals surface area contributed by atoms with Crippen molar-refractivity contribution in [1.82, 2.24) is 0 Å². The van der Waals surface area contributed by atoms with Crippen molar-refractivity contribution in [2.24, 2.45) is 0 Å². The van der Waals surface area contributed by atoms with Crippen LogP contribution in [0, 0.1) is 0 Å². The molecule has 0 saturated heterocycles. The predicted molar refractivity (Wildman–Crippen MR) is 247 cm³/mol. The maximum absolute atomic E-state index is 6.76. The van der Waals surface area contributed by atoms with Crippen LogP contribution in [0.4, 0.5) is 0 Å². The van der Waals surface area contributed by atoms with Crippen molar-refractivity contribution in [3.8, 4) is 44.5 Å². The van der Waals surface area contributed by atoms with E-state index < -0.39 is 0 Å². The van der Waals surface area contributed by atoms with E-state index in [9.17, 15) is 0 Å². The molecule has 2 aromatic heterocycles. The Morgan fingerprint density at radius 3 is 1.56 bits per heavy atom. The summed E-state index contributed by atoms with van der Waals surface area (Å²) in [6.07, 6.45) is 0. The van der Waals surface area contributed by atoms with Crippen molar-refractivity contribution in [3.05, 3.63) is 193 Å². The van der Waals surface area contributed by atoms with E-state index in [-0.39, 0.29) is 5.41 Å². The van der Waals surface area contributed by atoms with E-state index >= 15 is 0 Å². The molecule has 0 fully saturated rings. The molecule has 1 aliphatic rings. The van der Waals surface area contributed by atoms with E-state index in [1.807, 2.05) is 12.1 Å². The molecule has 59 heavy (non-hydrogen) atoms. The van der Waals surface area contributed by atoms with Crippen LogP contribution in [-0.4, -0.2) is 0 Å². The van der Waals surface area contributed by atoms with Crippen molar-refractivity contribution in [1.29, 1.82) is 0 Å². The molecule has 2 heteroatoms. The van der Waals surface area contributed by atoms with E-state index in [2.05, 4.69) is 184 Å². The second-order valence-corrected chi connectivity index (χ2v) is 16.7. The molecule has 0 saturated carbocycles. The number of hydrogen-bond acceptors (Lipinski definition) is 2. The highest BCUT2D eigenvalue weighted by Gasteiger charge is 2.35. The lowest BCUT2D eigenvalue weighted by Gasteiger charge is -2.23. The molecule has 2 heterocycles. The number of rotatable bonds is 3. The Labute approximate surface area is 340 Å². The third-order valence-electron chi connectivity index (χ3n) is 13.3. The lowest BCUT2D eigenvalue weighted by atomic mass is 9.80. The summed E-state index contributed by atoms with van der Waals surface area (Å²) in [5.74, 6) is 0. The van der Waals surface area contributed by atoms with Crippen molar-refractivity contribution >= 4 is 76.2 Å². The fourth-order valence-electron chi connectivity index (χ4n) is 10.5. The summed E-state index contributed by atoms with van der Waals surface area (Å²) >= 11 is 0. The molecule has 1 aliphatic carbocycles. The van der Waals surface area contributed by atoms with Gasteiger partial charge in [-0.3, -0.25) is 0 Å². The van der Waals surface area contributed by atoms with Crippen LogP contribution in [0.25, 0.3) is 121 Å². The third kappa shape index (κ3) is 4.46. The van der Waals surface area contributed by atoms with Gasteiger partial charge in [0, 0.05) is 27.0 Å². The third-order valence-corrected chi connectivity index (χ3v) is 13.3. The first kappa shape index (κ1) is 32.6. The van der Waals surface area contributed by atoms with Gasteiger partial charge in [-0.1, -0.05) is 166 Å². The normalized spacial score (nSPS) is 13.4. The van der Waals surface area contributed by atoms with Crippen molar-refractivity contribution in [3.63, 3.8) is 0 Å². The average molecular weight is 753 g/mol. The highest BCUT2D eigenvalue weighted by atomic mass is 16.4. The summed E-state index contributed by atoms with van der Waals surface area (Å²) in [6.45, 7) is 4.73. The van der Waals surface area contributed by atoms with Crippen molar-refractivity contribution in [2.45, 2.75) is 19.3 Å². The van der Waals surface area contributed by atoms with Crippen LogP contribution >= 0.6 is 0 Å². The van der Waals surface area contributed by atoms with Gasteiger partial charge in [0.05, 0.1) is 0 Å². The summed E-state index contributed by atoms with van der Waals surface area (Å²) in [7, 11) is 0. The van der Waals surface area contributed by atoms with Gasteiger partial charge < -0.3 is 8.83 Å². The van der Waals surface area contributed by atoms with Gasteiger partial charge in [0.2, 0.25) is 0 Å². The summed E-state index contributed by atoms with van der Waals surface area (Å²) in [6, 6.07) is 66.6. The van der Waals surface area contributed by atoms with E-state index in [4.69, 9.17) is 8.83 Å². The Morgan fingerprint density at radius 2 is 0.831 bits per heavy atom. The second-order valence-electron chi connectivity index (χ2n) is 16.7. The van der Waals surface area contributed by atoms with Crippen molar-refractivity contribution < 1.29 is 8.83 Å². The minimum absolute atomic E-state index is 0.0729. The first-order valence-electron chi connectivity index (χ1n) is 20.5. The lowest BCUT2D eigenvalue weighted by molar-refractivity contribution is 0.633. The minimum atomic E-state index is -0.0729. The zero-order valence-electron chi connectivity index (χ0n) is 32.6. The molecule has 276 valence electrons. The average Bonchev–Trinajstić information content (AvgIpc) is 3.93. The number of fused-ring (bicyclic) bond motifs is 14. The molecule has 0 spiro atoms. The Morgan fingerprint density at radius 1 is 0.322 bits per heavy atom. The SMILES string of the molecule is CC1(C)c2ccccc2-c2ccc(-c3c4ccccc4c(-c4ccc(-c5cc6oc7c(ccc8c9ccccc9oc87)c6c6ccccc56)cc4)c4ccccc34)cc21. The Bertz CT molecular complexity index is 3690. The van der Waals surface area contributed by atoms with Gasteiger partial charge in [0.15, 0.2) is 11.2 Å². The zero-order chi connectivity index (χ0) is 39.0. The monoisotopic (exact) mass is 752 g/mol. The molecule has 0 radical (unpaired) electrons. The molecule has 10 aromatic carbocycles. The number of benzene rings is 10. The van der Waals surface area contributed by atoms with Gasteiger partial charge in [-0.2, -0.15) is 0 Å². The first-order valence-corrected chi connectivity index (χ1v) is 20.5. The largest absolute Gasteiger partial charge is 0.452 e. The lowest BCUT2D eigenvalue weighted by Crippen LogP contribution is -2.14. The molecular weight excluding hydrogens is 717 g/mol. The highest BCUT2D eigenvalue weighted by molar-refractivity contribution is 6.27. The summed E-state index contributed by atoms with van der Waals surface area (Å²) in [5, 5.41) is 11.8. The quantitative estimate of drug-likeness (QED) is 0.168. The zero-order valence-corrected chi connectivity index (χ0v) is 32.6. The van der Waals surface area contributed by atoms with Crippen LogP contribution in [0.5, 0.6) is 0 Å². The molecule has 0 amide bonds. The Balaban J connectivity index is 0.978. The van der Waals surface area contributed by atoms with E-state index in [0.717, 1.165) is 55.0 Å². The molecule has 0 N–H and O–H groups in total. The van der Waals surface area contributed by atoms with E-state index in [1.54, 1.807) is 0 Å². The molecule has 0 bridgehead atoms. The standard InChI is InChI=1S/C57H36O2/c1-57(2)48-21-11-9-14-37(48)38-28-27-35(31-49(38)57)53-43-19-7-5-17-41(43)52(42-18-6-8-20-44(42)53)34-25-23-33(24-26-34)47-32-51-54(40-16-4-3-13-36(40)47)46-30-29-45-39-15-10-12-22-50(39)58-55(45)56(46)59-51/h3-32H,1-2H3. The van der Waals surface area contributed by atoms with Crippen LogP contribution < -0.4 is 0 Å². The molecule has 2 nitrogen and oxygen atoms in total. The number of furan rings is 2. The molecule has 13 rings (SSSR count). The van der Waals surface area contributed by atoms with Gasteiger partial charge >= 0.3 is 0 Å². The molecular formula is C57H36O2. The highest BCUT2D eigenvalue weighted by Crippen LogP contribution is 2.52. The summed E-state index contributed by atoms with van der Waals surface area (Å²) in [5.41, 5.74) is 16.0. The van der Waals surface area contributed by atoms with Crippen LogP contribution in [-0.2, 0) is 5.41 Å². The first-order chi connectivity index (χ1) is 29.0. The molecule has 0 unspecified atom stereocenters. The predicted octanol–water partition coefficient (Wildman–Crippen LogP) is 16.3. The maximum atomic E-state index is 6.76.